The van der Waals surface area contributed by atoms with E-state index in [0.29, 0.717) is 0 Å². The smallest absolute Gasteiger partial charge is 0.0242 e. The fourth-order valence-electron chi connectivity index (χ4n) is 1.18. The molecule has 0 saturated carbocycles. The summed E-state index contributed by atoms with van der Waals surface area (Å²) in [7, 11) is 0. The van der Waals surface area contributed by atoms with Crippen LogP contribution < -0.4 is 0 Å². The molecule has 0 fully saturated rings. The summed E-state index contributed by atoms with van der Waals surface area (Å²) in [4.78, 5) is 0. The van der Waals surface area contributed by atoms with Crippen molar-refractivity contribution >= 4 is 0 Å². The van der Waals surface area contributed by atoms with Crippen LogP contribution in [-0.2, 0) is 6.42 Å². The van der Waals surface area contributed by atoms with E-state index in [1.807, 2.05) is 19.1 Å². The van der Waals surface area contributed by atoms with E-state index in [4.69, 9.17) is 6.42 Å². The van der Waals surface area contributed by atoms with E-state index >= 15 is 0 Å². The Labute approximate surface area is 80.3 Å². The van der Waals surface area contributed by atoms with Gasteiger partial charge in [0.25, 0.3) is 0 Å². The second-order valence-corrected chi connectivity index (χ2v) is 2.95. The minimum absolute atomic E-state index is 0.954. The van der Waals surface area contributed by atoms with Gasteiger partial charge in [0, 0.05) is 5.56 Å². The number of benzene rings is 1. The maximum Gasteiger partial charge on any atom is 0.0242 e. The number of allylic oxidation sites excluding steroid dienone is 2. The van der Waals surface area contributed by atoms with Crippen LogP contribution in [0.15, 0.2) is 36.4 Å². The monoisotopic (exact) mass is 170 g/mol. The SMILES string of the molecule is C#Cc1ccc(CC/C=C/C)cc1. The summed E-state index contributed by atoms with van der Waals surface area (Å²) < 4.78 is 0. The van der Waals surface area contributed by atoms with E-state index in [9.17, 15) is 0 Å². The topological polar surface area (TPSA) is 0 Å². The van der Waals surface area contributed by atoms with Gasteiger partial charge in [0.1, 0.15) is 0 Å². The molecule has 0 spiro atoms. The van der Waals surface area contributed by atoms with Crippen molar-refractivity contribution in [2.45, 2.75) is 19.8 Å². The third-order valence-electron chi connectivity index (χ3n) is 1.96. The van der Waals surface area contributed by atoms with Gasteiger partial charge in [-0.1, -0.05) is 30.2 Å². The lowest BCUT2D eigenvalue weighted by atomic mass is 10.1. The lowest BCUT2D eigenvalue weighted by Gasteiger charge is -1.97. The van der Waals surface area contributed by atoms with Gasteiger partial charge >= 0.3 is 0 Å². The minimum atomic E-state index is 0.954. The first kappa shape index (κ1) is 9.61. The highest BCUT2D eigenvalue weighted by atomic mass is 14.0. The summed E-state index contributed by atoms with van der Waals surface area (Å²) in [6.45, 7) is 2.04. The highest BCUT2D eigenvalue weighted by Crippen LogP contribution is 2.06. The normalized spacial score (nSPS) is 10.2. The first-order chi connectivity index (χ1) is 6.36. The van der Waals surface area contributed by atoms with Crippen molar-refractivity contribution in [1.29, 1.82) is 0 Å². The van der Waals surface area contributed by atoms with Crippen LogP contribution in [0.5, 0.6) is 0 Å². The molecule has 13 heavy (non-hydrogen) atoms. The van der Waals surface area contributed by atoms with Crippen LogP contribution in [0.2, 0.25) is 0 Å². The molecule has 0 N–H and O–H groups in total. The molecule has 0 heterocycles. The molecule has 0 atom stereocenters. The highest BCUT2D eigenvalue weighted by molar-refractivity contribution is 5.34. The molecule has 0 amide bonds. The first-order valence-corrected chi connectivity index (χ1v) is 4.53. The molecule has 66 valence electrons. The van der Waals surface area contributed by atoms with Gasteiger partial charge in [0.2, 0.25) is 0 Å². The molecule has 1 aromatic carbocycles. The number of hydrogen-bond acceptors (Lipinski definition) is 0. The Kier molecular flexibility index (Phi) is 3.85. The summed E-state index contributed by atoms with van der Waals surface area (Å²) in [6, 6.07) is 8.17. The fourth-order valence-corrected chi connectivity index (χ4v) is 1.18. The van der Waals surface area contributed by atoms with Crippen molar-refractivity contribution in [3.05, 3.63) is 47.5 Å². The molecule has 0 aliphatic carbocycles. The van der Waals surface area contributed by atoms with E-state index in [2.05, 4.69) is 30.2 Å². The molecule has 0 bridgehead atoms. The van der Waals surface area contributed by atoms with Crippen LogP contribution in [0.3, 0.4) is 0 Å². The zero-order chi connectivity index (χ0) is 9.52. The number of terminal acetylenes is 1. The molecule has 0 radical (unpaired) electrons. The van der Waals surface area contributed by atoms with Crippen molar-refractivity contribution in [2.75, 3.05) is 0 Å². The zero-order valence-electron chi connectivity index (χ0n) is 7.96. The number of hydrogen-bond donors (Lipinski definition) is 0. The maximum atomic E-state index is 5.26. The molecule has 0 unspecified atom stereocenters. The Morgan fingerprint density at radius 2 is 2.00 bits per heavy atom. The van der Waals surface area contributed by atoms with Crippen LogP contribution >= 0.6 is 0 Å². The molecule has 0 aliphatic heterocycles. The molecular formula is C13H14. The molecule has 0 heteroatoms. The van der Waals surface area contributed by atoms with Crippen molar-refractivity contribution in [1.82, 2.24) is 0 Å². The van der Waals surface area contributed by atoms with Crippen LogP contribution in [0.1, 0.15) is 24.5 Å². The summed E-state index contributed by atoms with van der Waals surface area (Å²) in [6.07, 6.45) is 11.7. The third-order valence-corrected chi connectivity index (χ3v) is 1.96. The van der Waals surface area contributed by atoms with E-state index in [1.54, 1.807) is 0 Å². The van der Waals surface area contributed by atoms with Gasteiger partial charge in [-0.25, -0.2) is 0 Å². The highest BCUT2D eigenvalue weighted by Gasteiger charge is 1.90. The fraction of sp³-hybridized carbons (Fsp3) is 0.231. The predicted octanol–water partition coefficient (Wildman–Crippen LogP) is 3.18. The van der Waals surface area contributed by atoms with Crippen molar-refractivity contribution in [3.63, 3.8) is 0 Å². The van der Waals surface area contributed by atoms with E-state index in [-0.39, 0.29) is 0 Å². The first-order valence-electron chi connectivity index (χ1n) is 4.53. The molecule has 0 saturated heterocycles. The van der Waals surface area contributed by atoms with Gasteiger partial charge in [0.05, 0.1) is 0 Å². The third kappa shape index (κ3) is 3.17. The van der Waals surface area contributed by atoms with Crippen molar-refractivity contribution < 1.29 is 0 Å². The average molecular weight is 170 g/mol. The van der Waals surface area contributed by atoms with Gasteiger partial charge in [-0.05, 0) is 37.5 Å². The quantitative estimate of drug-likeness (QED) is 0.483. The van der Waals surface area contributed by atoms with Gasteiger partial charge in [-0.3, -0.25) is 0 Å². The standard InChI is InChI=1S/C13H14/c1-3-5-6-7-13-10-8-12(4-2)9-11-13/h2-3,5,8-11H,6-7H2,1H3/b5-3+. The lowest BCUT2D eigenvalue weighted by molar-refractivity contribution is 0.999. The average Bonchev–Trinajstić information content (AvgIpc) is 2.19. The van der Waals surface area contributed by atoms with Gasteiger partial charge in [0.15, 0.2) is 0 Å². The van der Waals surface area contributed by atoms with Crippen LogP contribution in [0.25, 0.3) is 0 Å². The Hall–Kier alpha value is -1.48. The van der Waals surface area contributed by atoms with Crippen molar-refractivity contribution in [3.8, 4) is 12.3 Å². The zero-order valence-corrected chi connectivity index (χ0v) is 7.96. The Balaban J connectivity index is 2.55. The van der Waals surface area contributed by atoms with Gasteiger partial charge in [-0.15, -0.1) is 6.42 Å². The molecule has 1 aromatic rings. The molecule has 1 rings (SSSR count). The molecular weight excluding hydrogens is 156 g/mol. The Bertz CT molecular complexity index is 309. The summed E-state index contributed by atoms with van der Waals surface area (Å²) in [5, 5.41) is 0. The Morgan fingerprint density at radius 3 is 2.54 bits per heavy atom. The molecule has 0 aromatic heterocycles. The van der Waals surface area contributed by atoms with Crippen LogP contribution in [-0.4, -0.2) is 0 Å². The van der Waals surface area contributed by atoms with Crippen LogP contribution in [0, 0.1) is 12.3 Å². The minimum Gasteiger partial charge on any atom is -0.115 e. The lowest BCUT2D eigenvalue weighted by Crippen LogP contribution is -1.83. The van der Waals surface area contributed by atoms with Gasteiger partial charge < -0.3 is 0 Å². The summed E-state index contributed by atoms with van der Waals surface area (Å²) in [5.41, 5.74) is 2.30. The van der Waals surface area contributed by atoms with E-state index in [0.717, 1.165) is 18.4 Å². The second-order valence-electron chi connectivity index (χ2n) is 2.95. The number of aryl methyl sites for hydroxylation is 1. The maximum absolute atomic E-state index is 5.26. The number of rotatable bonds is 3. The largest absolute Gasteiger partial charge is 0.115 e. The summed E-state index contributed by atoms with van der Waals surface area (Å²) >= 11 is 0. The van der Waals surface area contributed by atoms with E-state index < -0.39 is 0 Å². The second kappa shape index (κ2) is 5.22. The van der Waals surface area contributed by atoms with Crippen LogP contribution in [0.4, 0.5) is 0 Å². The predicted molar refractivity (Wildman–Crippen MR) is 57.5 cm³/mol. The van der Waals surface area contributed by atoms with Crippen molar-refractivity contribution in [2.24, 2.45) is 0 Å². The van der Waals surface area contributed by atoms with E-state index in [1.165, 1.54) is 5.56 Å². The van der Waals surface area contributed by atoms with Gasteiger partial charge in [-0.2, -0.15) is 0 Å². The molecule has 0 nitrogen and oxygen atoms in total. The molecule has 0 aliphatic rings. The summed E-state index contributed by atoms with van der Waals surface area (Å²) in [5.74, 6) is 2.61. The Morgan fingerprint density at radius 1 is 1.31 bits per heavy atom.